The van der Waals surface area contributed by atoms with Gasteiger partial charge < -0.3 is 4.90 Å². The molecule has 0 radical (unpaired) electrons. The van der Waals surface area contributed by atoms with Crippen LogP contribution in [-0.4, -0.2) is 32.6 Å². The van der Waals surface area contributed by atoms with Gasteiger partial charge in [0, 0.05) is 18.8 Å². The number of hydrogen-bond acceptors (Lipinski definition) is 2. The fourth-order valence-electron chi connectivity index (χ4n) is 1.61. The van der Waals surface area contributed by atoms with E-state index in [0.29, 0.717) is 0 Å². The summed E-state index contributed by atoms with van der Waals surface area (Å²) in [7, 11) is 2.04. The number of thioether (sulfide) groups is 1. The minimum atomic E-state index is 1.01. The van der Waals surface area contributed by atoms with Gasteiger partial charge in [0.05, 0.1) is 13.6 Å². The third-order valence-corrected chi connectivity index (χ3v) is 4.24. The zero-order valence-electron chi connectivity index (χ0n) is 10.9. The lowest BCUT2D eigenvalue weighted by Crippen LogP contribution is -2.26. The molecule has 0 fully saturated rings. The summed E-state index contributed by atoms with van der Waals surface area (Å²) >= 11 is 7.18. The fourth-order valence-corrected chi connectivity index (χ4v) is 3.01. The number of rotatable bonds is 6. The average molecular weight is 272 g/mol. The van der Waals surface area contributed by atoms with Crippen LogP contribution in [0.3, 0.4) is 0 Å². The van der Waals surface area contributed by atoms with Crippen molar-refractivity contribution >= 4 is 28.3 Å². The quantitative estimate of drug-likeness (QED) is 0.447. The van der Waals surface area contributed by atoms with Crippen LogP contribution in [0.1, 0.15) is 20.3 Å². The summed E-state index contributed by atoms with van der Waals surface area (Å²) in [5.74, 6) is 1.09. The molecule has 17 heavy (non-hydrogen) atoms. The number of nitrogens with zero attached hydrogens (tertiary/aromatic N) is 3. The third kappa shape index (κ3) is 5.08. The van der Waals surface area contributed by atoms with Crippen LogP contribution in [0.5, 0.6) is 0 Å². The summed E-state index contributed by atoms with van der Waals surface area (Å²) in [5, 5.41) is 0. The molecule has 5 heteroatoms. The lowest BCUT2D eigenvalue weighted by atomic mass is 10.5. The van der Waals surface area contributed by atoms with Crippen molar-refractivity contribution in [1.29, 1.82) is 0 Å². The zero-order chi connectivity index (χ0) is 12.7. The first-order valence-electron chi connectivity index (χ1n) is 6.10. The predicted octanol–water partition coefficient (Wildman–Crippen LogP) is 2.06. The molecule has 0 atom stereocenters. The van der Waals surface area contributed by atoms with Gasteiger partial charge in [-0.25, -0.2) is 9.13 Å². The molecule has 0 spiro atoms. The highest BCUT2D eigenvalue weighted by Gasteiger charge is 2.06. The molecule has 0 saturated heterocycles. The van der Waals surface area contributed by atoms with E-state index in [1.807, 2.05) is 7.05 Å². The molecular formula is C12H22N3S2+. The summed E-state index contributed by atoms with van der Waals surface area (Å²) in [4.78, 5) is 2.23. The minimum absolute atomic E-state index is 1.01. The zero-order valence-corrected chi connectivity index (χ0v) is 12.6. The molecule has 0 bridgehead atoms. The van der Waals surface area contributed by atoms with E-state index in [9.17, 15) is 0 Å². The molecule has 0 aliphatic carbocycles. The summed E-state index contributed by atoms with van der Waals surface area (Å²) in [6.45, 7) is 7.38. The number of hydrogen-bond donors (Lipinski definition) is 0. The third-order valence-electron chi connectivity index (χ3n) is 2.63. The molecule has 1 rings (SSSR count). The summed E-state index contributed by atoms with van der Waals surface area (Å²) in [6, 6.07) is 0. The van der Waals surface area contributed by atoms with Gasteiger partial charge in [-0.2, -0.15) is 0 Å². The Balaban J connectivity index is 2.17. The van der Waals surface area contributed by atoms with Crippen molar-refractivity contribution in [3.8, 4) is 0 Å². The molecule has 1 aromatic rings. The van der Waals surface area contributed by atoms with E-state index in [1.54, 1.807) is 11.8 Å². The van der Waals surface area contributed by atoms with E-state index in [0.717, 1.165) is 36.1 Å². The Morgan fingerprint density at radius 2 is 2.12 bits per heavy atom. The average Bonchev–Trinajstić information content (AvgIpc) is 2.72. The topological polar surface area (TPSA) is 12.1 Å². The number of imidazole rings is 1. The Kier molecular flexibility index (Phi) is 6.58. The van der Waals surface area contributed by atoms with Crippen LogP contribution >= 0.6 is 24.0 Å². The van der Waals surface area contributed by atoms with E-state index in [4.69, 9.17) is 12.2 Å². The van der Waals surface area contributed by atoms with Crippen molar-refractivity contribution in [3.05, 3.63) is 18.7 Å². The molecule has 0 saturated carbocycles. The largest absolute Gasteiger partial charge is 0.358 e. The molecule has 1 aromatic heterocycles. The van der Waals surface area contributed by atoms with E-state index >= 15 is 0 Å². The number of thiocarbonyl (C=S) groups is 1. The van der Waals surface area contributed by atoms with Gasteiger partial charge in [-0.15, -0.1) is 0 Å². The summed E-state index contributed by atoms with van der Waals surface area (Å²) < 4.78 is 5.31. The Morgan fingerprint density at radius 3 is 2.65 bits per heavy atom. The fraction of sp³-hybridized carbons (Fsp3) is 0.667. The Hall–Kier alpha value is -0.550. The number of aryl methyl sites for hydroxylation is 2. The minimum Gasteiger partial charge on any atom is -0.358 e. The Bertz CT molecular complexity index is 345. The number of aromatic nitrogens is 2. The van der Waals surface area contributed by atoms with Crippen LogP contribution < -0.4 is 4.57 Å². The Morgan fingerprint density at radius 1 is 1.41 bits per heavy atom. The van der Waals surface area contributed by atoms with Gasteiger partial charge in [0.25, 0.3) is 0 Å². The maximum absolute atomic E-state index is 5.39. The van der Waals surface area contributed by atoms with E-state index in [2.05, 4.69) is 46.6 Å². The van der Waals surface area contributed by atoms with Crippen molar-refractivity contribution in [3.63, 3.8) is 0 Å². The Labute approximate surface area is 114 Å². The molecule has 3 nitrogen and oxygen atoms in total. The van der Waals surface area contributed by atoms with Crippen molar-refractivity contribution in [2.75, 3.05) is 18.8 Å². The molecule has 0 aliphatic heterocycles. The smallest absolute Gasteiger partial charge is 0.243 e. The van der Waals surface area contributed by atoms with Gasteiger partial charge in [0.15, 0.2) is 0 Å². The van der Waals surface area contributed by atoms with Crippen LogP contribution in [-0.2, 0) is 13.6 Å². The van der Waals surface area contributed by atoms with Crippen LogP contribution in [0.15, 0.2) is 18.7 Å². The maximum Gasteiger partial charge on any atom is 0.243 e. The SMILES string of the molecule is CCN(CC)C(=S)SCCCn1cc[n+](C)c1. The first-order chi connectivity index (χ1) is 8.17. The van der Waals surface area contributed by atoms with E-state index in [-0.39, 0.29) is 0 Å². The molecule has 0 unspecified atom stereocenters. The molecule has 0 aromatic carbocycles. The molecule has 0 amide bonds. The highest BCUT2D eigenvalue weighted by atomic mass is 32.2. The van der Waals surface area contributed by atoms with Gasteiger partial charge in [0.1, 0.15) is 16.7 Å². The highest BCUT2D eigenvalue weighted by Crippen LogP contribution is 2.11. The molecule has 96 valence electrons. The van der Waals surface area contributed by atoms with Crippen molar-refractivity contribution in [2.24, 2.45) is 7.05 Å². The summed E-state index contributed by atoms with van der Waals surface area (Å²) in [5.41, 5.74) is 0. The van der Waals surface area contributed by atoms with Gasteiger partial charge >= 0.3 is 0 Å². The summed E-state index contributed by atoms with van der Waals surface area (Å²) in [6.07, 6.45) is 7.43. The van der Waals surface area contributed by atoms with Crippen LogP contribution in [0.4, 0.5) is 0 Å². The van der Waals surface area contributed by atoms with E-state index in [1.165, 1.54) is 0 Å². The molecule has 1 heterocycles. The van der Waals surface area contributed by atoms with Crippen molar-refractivity contribution in [1.82, 2.24) is 9.47 Å². The van der Waals surface area contributed by atoms with Gasteiger partial charge in [-0.3, -0.25) is 0 Å². The molecule has 0 N–H and O–H groups in total. The monoisotopic (exact) mass is 272 g/mol. The standard InChI is InChI=1S/C12H22N3S2/c1-4-15(5-2)12(16)17-10-6-7-14-9-8-13(3)11-14/h8-9,11H,4-7,10H2,1-3H3/q+1. The van der Waals surface area contributed by atoms with Gasteiger partial charge in [-0.1, -0.05) is 24.0 Å². The van der Waals surface area contributed by atoms with Crippen molar-refractivity contribution in [2.45, 2.75) is 26.8 Å². The molecular weight excluding hydrogens is 250 g/mol. The lowest BCUT2D eigenvalue weighted by molar-refractivity contribution is -0.671. The predicted molar refractivity (Wildman–Crippen MR) is 78.2 cm³/mol. The van der Waals surface area contributed by atoms with Gasteiger partial charge in [0.2, 0.25) is 6.33 Å². The highest BCUT2D eigenvalue weighted by molar-refractivity contribution is 8.22. The first kappa shape index (κ1) is 14.5. The van der Waals surface area contributed by atoms with Crippen LogP contribution in [0.2, 0.25) is 0 Å². The first-order valence-corrected chi connectivity index (χ1v) is 7.49. The lowest BCUT2D eigenvalue weighted by Gasteiger charge is -2.20. The normalized spacial score (nSPS) is 10.5. The second-order valence-corrected chi connectivity index (χ2v) is 5.69. The van der Waals surface area contributed by atoms with E-state index < -0.39 is 0 Å². The maximum atomic E-state index is 5.39. The molecule has 0 aliphatic rings. The van der Waals surface area contributed by atoms with Crippen LogP contribution in [0, 0.1) is 0 Å². The van der Waals surface area contributed by atoms with Gasteiger partial charge in [-0.05, 0) is 20.3 Å². The second kappa shape index (κ2) is 7.71. The van der Waals surface area contributed by atoms with Crippen molar-refractivity contribution < 1.29 is 4.57 Å². The van der Waals surface area contributed by atoms with Crippen LogP contribution in [0.25, 0.3) is 0 Å². The second-order valence-electron chi connectivity index (χ2n) is 3.96.